The van der Waals surface area contributed by atoms with Crippen LogP contribution in [-0.4, -0.2) is 11.8 Å². The smallest absolute Gasteiger partial charge is 0.0417 e. The first-order valence-corrected chi connectivity index (χ1v) is 5.19. The third kappa shape index (κ3) is 3.48. The summed E-state index contributed by atoms with van der Waals surface area (Å²) < 4.78 is 0. The molecule has 0 radical (unpaired) electrons. The summed E-state index contributed by atoms with van der Waals surface area (Å²) in [5.74, 6) is 0.931. The van der Waals surface area contributed by atoms with Crippen LogP contribution < -0.4 is 5.73 Å². The predicted molar refractivity (Wildman–Crippen MR) is 55.8 cm³/mol. The van der Waals surface area contributed by atoms with Crippen LogP contribution in [0.15, 0.2) is 29.2 Å². The SMILES string of the molecule is C[C@H](N)CSc1cccc(Cl)c1. The van der Waals surface area contributed by atoms with Crippen LogP contribution in [0.3, 0.4) is 0 Å². The predicted octanol–water partition coefficient (Wildman–Crippen LogP) is 2.78. The van der Waals surface area contributed by atoms with Gasteiger partial charge in [0.2, 0.25) is 0 Å². The molecule has 0 aliphatic heterocycles. The van der Waals surface area contributed by atoms with Crippen molar-refractivity contribution in [2.75, 3.05) is 5.75 Å². The molecule has 0 aliphatic rings. The summed E-state index contributed by atoms with van der Waals surface area (Å²) in [6, 6.07) is 8.05. The summed E-state index contributed by atoms with van der Waals surface area (Å²) in [6.45, 7) is 2.00. The number of rotatable bonds is 3. The zero-order valence-electron chi connectivity index (χ0n) is 6.96. The first-order chi connectivity index (χ1) is 5.68. The molecule has 0 aliphatic carbocycles. The minimum atomic E-state index is 0.231. The van der Waals surface area contributed by atoms with Crippen LogP contribution in [0.25, 0.3) is 0 Å². The monoisotopic (exact) mass is 201 g/mol. The fourth-order valence-corrected chi connectivity index (χ4v) is 1.88. The first kappa shape index (κ1) is 9.90. The van der Waals surface area contributed by atoms with Gasteiger partial charge in [0, 0.05) is 21.7 Å². The molecule has 66 valence electrons. The van der Waals surface area contributed by atoms with E-state index < -0.39 is 0 Å². The summed E-state index contributed by atoms with van der Waals surface area (Å²) in [5.41, 5.74) is 5.62. The van der Waals surface area contributed by atoms with Crippen LogP contribution in [0.5, 0.6) is 0 Å². The lowest BCUT2D eigenvalue weighted by Crippen LogP contribution is -2.17. The van der Waals surface area contributed by atoms with E-state index in [-0.39, 0.29) is 6.04 Å². The second kappa shape index (κ2) is 4.75. The maximum Gasteiger partial charge on any atom is 0.0417 e. The Hall–Kier alpha value is -0.180. The van der Waals surface area contributed by atoms with E-state index in [9.17, 15) is 0 Å². The molecular weight excluding hydrogens is 190 g/mol. The van der Waals surface area contributed by atoms with Crippen molar-refractivity contribution in [1.82, 2.24) is 0 Å². The zero-order chi connectivity index (χ0) is 8.97. The maximum absolute atomic E-state index is 5.82. The Kier molecular flexibility index (Phi) is 3.92. The standard InChI is InChI=1S/C9H12ClNS/c1-7(11)6-12-9-4-2-3-8(10)5-9/h2-5,7H,6,11H2,1H3/t7-/m0/s1. The fraction of sp³-hybridized carbons (Fsp3) is 0.333. The van der Waals surface area contributed by atoms with Gasteiger partial charge in [-0.3, -0.25) is 0 Å². The Morgan fingerprint density at radius 2 is 2.33 bits per heavy atom. The van der Waals surface area contributed by atoms with Crippen LogP contribution in [0.4, 0.5) is 0 Å². The lowest BCUT2D eigenvalue weighted by atomic mass is 10.4. The number of hydrogen-bond acceptors (Lipinski definition) is 2. The van der Waals surface area contributed by atoms with Gasteiger partial charge in [0.05, 0.1) is 0 Å². The number of halogens is 1. The second-order valence-corrected chi connectivity index (χ2v) is 4.28. The van der Waals surface area contributed by atoms with Crippen LogP contribution in [0.1, 0.15) is 6.92 Å². The zero-order valence-corrected chi connectivity index (χ0v) is 8.53. The largest absolute Gasteiger partial charge is 0.327 e. The molecule has 12 heavy (non-hydrogen) atoms. The van der Waals surface area contributed by atoms with Crippen molar-refractivity contribution in [3.8, 4) is 0 Å². The number of thioether (sulfide) groups is 1. The van der Waals surface area contributed by atoms with E-state index in [4.69, 9.17) is 17.3 Å². The van der Waals surface area contributed by atoms with Gasteiger partial charge in [0.1, 0.15) is 0 Å². The van der Waals surface area contributed by atoms with Crippen molar-refractivity contribution in [2.45, 2.75) is 17.9 Å². The molecule has 1 atom stereocenters. The van der Waals surface area contributed by atoms with Gasteiger partial charge in [0.25, 0.3) is 0 Å². The van der Waals surface area contributed by atoms with Crippen molar-refractivity contribution in [3.05, 3.63) is 29.3 Å². The van der Waals surface area contributed by atoms with Gasteiger partial charge in [-0.1, -0.05) is 17.7 Å². The van der Waals surface area contributed by atoms with Crippen molar-refractivity contribution in [1.29, 1.82) is 0 Å². The topological polar surface area (TPSA) is 26.0 Å². The Balaban J connectivity index is 2.52. The van der Waals surface area contributed by atoms with Crippen molar-refractivity contribution in [2.24, 2.45) is 5.73 Å². The highest BCUT2D eigenvalue weighted by Crippen LogP contribution is 2.21. The number of hydrogen-bond donors (Lipinski definition) is 1. The van der Waals surface area contributed by atoms with Gasteiger partial charge in [-0.25, -0.2) is 0 Å². The average Bonchev–Trinajstić information content (AvgIpc) is 2.01. The molecule has 0 spiro atoms. The lowest BCUT2D eigenvalue weighted by molar-refractivity contribution is 0.847. The Morgan fingerprint density at radius 3 is 2.92 bits per heavy atom. The van der Waals surface area contributed by atoms with E-state index in [2.05, 4.69) is 0 Å². The summed E-state index contributed by atoms with van der Waals surface area (Å²) >= 11 is 7.55. The summed E-state index contributed by atoms with van der Waals surface area (Å²) in [6.07, 6.45) is 0. The Bertz CT molecular complexity index is 250. The molecule has 0 aromatic heterocycles. The molecule has 1 aromatic carbocycles. The molecule has 0 amide bonds. The summed E-state index contributed by atoms with van der Waals surface area (Å²) in [5, 5.41) is 0.782. The summed E-state index contributed by atoms with van der Waals surface area (Å²) in [7, 11) is 0. The number of benzene rings is 1. The molecule has 1 rings (SSSR count). The summed E-state index contributed by atoms with van der Waals surface area (Å²) in [4.78, 5) is 1.18. The van der Waals surface area contributed by atoms with E-state index in [1.165, 1.54) is 4.90 Å². The molecule has 0 saturated carbocycles. The minimum absolute atomic E-state index is 0.231. The molecular formula is C9H12ClNS. The van der Waals surface area contributed by atoms with Crippen molar-refractivity contribution < 1.29 is 0 Å². The lowest BCUT2D eigenvalue weighted by Gasteiger charge is -2.04. The Morgan fingerprint density at radius 1 is 1.58 bits per heavy atom. The molecule has 2 N–H and O–H groups in total. The molecule has 1 nitrogen and oxygen atoms in total. The third-order valence-corrected chi connectivity index (χ3v) is 2.82. The van der Waals surface area contributed by atoms with Gasteiger partial charge < -0.3 is 5.73 Å². The minimum Gasteiger partial charge on any atom is -0.327 e. The highest BCUT2D eigenvalue weighted by atomic mass is 35.5. The van der Waals surface area contributed by atoms with Crippen LogP contribution >= 0.6 is 23.4 Å². The highest BCUT2D eigenvalue weighted by molar-refractivity contribution is 7.99. The first-order valence-electron chi connectivity index (χ1n) is 3.82. The maximum atomic E-state index is 5.82. The molecule has 0 unspecified atom stereocenters. The van der Waals surface area contributed by atoms with Gasteiger partial charge in [0.15, 0.2) is 0 Å². The van der Waals surface area contributed by atoms with E-state index in [0.29, 0.717) is 0 Å². The fourth-order valence-electron chi connectivity index (χ4n) is 0.784. The number of nitrogens with two attached hydrogens (primary N) is 1. The van der Waals surface area contributed by atoms with E-state index in [1.807, 2.05) is 31.2 Å². The van der Waals surface area contributed by atoms with Gasteiger partial charge >= 0.3 is 0 Å². The van der Waals surface area contributed by atoms with Gasteiger partial charge in [-0.2, -0.15) is 0 Å². The quantitative estimate of drug-likeness (QED) is 0.762. The normalized spacial score (nSPS) is 12.9. The second-order valence-electron chi connectivity index (χ2n) is 2.75. The molecule has 0 fully saturated rings. The van der Waals surface area contributed by atoms with Crippen molar-refractivity contribution >= 4 is 23.4 Å². The van der Waals surface area contributed by atoms with Crippen LogP contribution in [0, 0.1) is 0 Å². The van der Waals surface area contributed by atoms with Crippen LogP contribution in [0.2, 0.25) is 5.02 Å². The van der Waals surface area contributed by atoms with E-state index >= 15 is 0 Å². The van der Waals surface area contributed by atoms with E-state index in [1.54, 1.807) is 11.8 Å². The molecule has 0 heterocycles. The average molecular weight is 202 g/mol. The Labute approximate surface area is 82.3 Å². The van der Waals surface area contributed by atoms with Gasteiger partial charge in [-0.05, 0) is 25.1 Å². The van der Waals surface area contributed by atoms with Crippen molar-refractivity contribution in [3.63, 3.8) is 0 Å². The van der Waals surface area contributed by atoms with Crippen LogP contribution in [-0.2, 0) is 0 Å². The highest BCUT2D eigenvalue weighted by Gasteiger charge is 1.97. The molecule has 1 aromatic rings. The van der Waals surface area contributed by atoms with E-state index in [0.717, 1.165) is 10.8 Å². The molecule has 3 heteroatoms. The molecule has 0 bridgehead atoms. The van der Waals surface area contributed by atoms with Gasteiger partial charge in [-0.15, -0.1) is 11.8 Å². The third-order valence-electron chi connectivity index (χ3n) is 1.31. The molecule has 0 saturated heterocycles.